The van der Waals surface area contributed by atoms with Crippen molar-refractivity contribution in [2.75, 3.05) is 0 Å². The number of amides is 3. The molecule has 1 aromatic carbocycles. The number of aromatic nitrogens is 3. The Bertz CT molecular complexity index is 805. The van der Waals surface area contributed by atoms with Gasteiger partial charge in [-0.1, -0.05) is 30.0 Å². The molecule has 0 saturated carbocycles. The predicted octanol–water partition coefficient (Wildman–Crippen LogP) is 2.03. The largest absolute Gasteiger partial charge is 0.486 e. The van der Waals surface area contributed by atoms with Crippen molar-refractivity contribution in [3.63, 3.8) is 0 Å². The number of aryl methyl sites for hydroxylation is 1. The zero-order valence-corrected chi connectivity index (χ0v) is 15.5. The Hall–Kier alpha value is -2.81. The number of carbonyl (C=O) groups excluding carboxylic acids is 2. The second kappa shape index (κ2) is 9.04. The molecule has 1 heterocycles. The van der Waals surface area contributed by atoms with Crippen molar-refractivity contribution in [2.45, 2.75) is 37.4 Å². The van der Waals surface area contributed by atoms with Gasteiger partial charge in [0.25, 0.3) is 0 Å². The summed E-state index contributed by atoms with van der Waals surface area (Å²) in [6, 6.07) is 6.81. The number of urea groups is 1. The minimum Gasteiger partial charge on any atom is -0.486 e. The average Bonchev–Trinajstić information content (AvgIpc) is 2.94. The summed E-state index contributed by atoms with van der Waals surface area (Å²) in [5, 5.41) is 10.3. The van der Waals surface area contributed by atoms with Crippen LogP contribution in [0.2, 0.25) is 0 Å². The van der Waals surface area contributed by atoms with E-state index in [0.717, 1.165) is 11.3 Å². The number of benzene rings is 1. The number of primary amides is 1. The number of carbonyl (C=O) groups is 2. The summed E-state index contributed by atoms with van der Waals surface area (Å²) in [6.45, 7) is 8.07. The van der Waals surface area contributed by atoms with Gasteiger partial charge in [-0.15, -0.1) is 16.8 Å². The van der Waals surface area contributed by atoms with Crippen molar-refractivity contribution >= 4 is 23.7 Å². The van der Waals surface area contributed by atoms with Gasteiger partial charge in [0, 0.05) is 6.54 Å². The van der Waals surface area contributed by atoms with E-state index < -0.39 is 17.2 Å². The van der Waals surface area contributed by atoms with Crippen molar-refractivity contribution < 1.29 is 14.3 Å². The van der Waals surface area contributed by atoms with Gasteiger partial charge >= 0.3 is 6.03 Å². The third-order valence-electron chi connectivity index (χ3n) is 3.36. The first-order chi connectivity index (χ1) is 12.4. The van der Waals surface area contributed by atoms with Gasteiger partial charge in [0.15, 0.2) is 11.0 Å². The van der Waals surface area contributed by atoms with Crippen LogP contribution < -0.4 is 15.8 Å². The first-order valence-electron chi connectivity index (χ1n) is 7.90. The van der Waals surface area contributed by atoms with Crippen LogP contribution in [0.4, 0.5) is 4.79 Å². The number of hydrogen-bond donors (Lipinski definition) is 2. The Balaban J connectivity index is 2.10. The smallest absolute Gasteiger partial charge is 0.318 e. The fourth-order valence-corrected chi connectivity index (χ4v) is 2.99. The van der Waals surface area contributed by atoms with Crippen LogP contribution in [0.25, 0.3) is 0 Å². The van der Waals surface area contributed by atoms with Crippen LogP contribution in [-0.4, -0.2) is 32.0 Å². The van der Waals surface area contributed by atoms with Gasteiger partial charge in [0.2, 0.25) is 5.91 Å². The second-order valence-corrected chi connectivity index (χ2v) is 6.82. The lowest BCUT2D eigenvalue weighted by atomic mass is 10.2. The monoisotopic (exact) mass is 375 g/mol. The molecule has 0 saturated heterocycles. The highest BCUT2D eigenvalue weighted by atomic mass is 32.2. The van der Waals surface area contributed by atoms with Crippen LogP contribution in [-0.2, 0) is 17.9 Å². The summed E-state index contributed by atoms with van der Waals surface area (Å²) < 4.78 is 7.58. The maximum atomic E-state index is 11.8. The fourth-order valence-electron chi connectivity index (χ4n) is 2.11. The summed E-state index contributed by atoms with van der Waals surface area (Å²) in [5.74, 6) is 0.853. The van der Waals surface area contributed by atoms with Gasteiger partial charge in [-0.25, -0.2) is 4.79 Å². The van der Waals surface area contributed by atoms with E-state index in [0.29, 0.717) is 17.5 Å². The van der Waals surface area contributed by atoms with Gasteiger partial charge in [0.05, 0.1) is 5.25 Å². The SMILES string of the molecule is C=CCn1c(COc2cccc(C)c2)nnc1S[C@@H](C)C(=O)NC(N)=O. The van der Waals surface area contributed by atoms with Crippen LogP contribution >= 0.6 is 11.8 Å². The molecule has 1 aromatic heterocycles. The number of nitrogens with one attached hydrogen (secondary N) is 1. The second-order valence-electron chi connectivity index (χ2n) is 5.52. The van der Waals surface area contributed by atoms with E-state index in [1.807, 2.05) is 41.1 Å². The molecule has 0 aliphatic rings. The molecule has 0 aliphatic carbocycles. The van der Waals surface area contributed by atoms with Crippen LogP contribution in [0.3, 0.4) is 0 Å². The number of hydrogen-bond acceptors (Lipinski definition) is 6. The summed E-state index contributed by atoms with van der Waals surface area (Å²) in [7, 11) is 0. The minimum absolute atomic E-state index is 0.229. The van der Waals surface area contributed by atoms with E-state index in [2.05, 4.69) is 16.8 Å². The molecular formula is C17H21N5O3S. The van der Waals surface area contributed by atoms with Gasteiger partial charge in [-0.05, 0) is 31.5 Å². The van der Waals surface area contributed by atoms with Crippen molar-refractivity contribution in [3.8, 4) is 5.75 Å². The zero-order chi connectivity index (χ0) is 19.1. The first-order valence-corrected chi connectivity index (χ1v) is 8.78. The van der Waals surface area contributed by atoms with E-state index in [-0.39, 0.29) is 6.61 Å². The van der Waals surface area contributed by atoms with E-state index in [9.17, 15) is 9.59 Å². The normalized spacial score (nSPS) is 11.6. The molecular weight excluding hydrogens is 354 g/mol. The Morgan fingerprint density at radius 2 is 2.23 bits per heavy atom. The fraction of sp³-hybridized carbons (Fsp3) is 0.294. The van der Waals surface area contributed by atoms with Crippen molar-refractivity contribution in [2.24, 2.45) is 5.73 Å². The highest BCUT2D eigenvalue weighted by Gasteiger charge is 2.20. The number of thioether (sulfide) groups is 1. The topological polar surface area (TPSA) is 112 Å². The minimum atomic E-state index is -0.887. The van der Waals surface area contributed by atoms with Crippen LogP contribution in [0.5, 0.6) is 5.75 Å². The first kappa shape index (κ1) is 19.5. The van der Waals surface area contributed by atoms with Crippen molar-refractivity contribution in [1.29, 1.82) is 0 Å². The van der Waals surface area contributed by atoms with Crippen LogP contribution in [0.1, 0.15) is 18.3 Å². The van der Waals surface area contributed by atoms with Crippen LogP contribution in [0.15, 0.2) is 42.1 Å². The molecule has 0 bridgehead atoms. The maximum absolute atomic E-state index is 11.8. The predicted molar refractivity (Wildman–Crippen MR) is 98.8 cm³/mol. The quantitative estimate of drug-likeness (QED) is 0.539. The highest BCUT2D eigenvalue weighted by molar-refractivity contribution is 8.00. The molecule has 3 N–H and O–H groups in total. The molecule has 9 heteroatoms. The molecule has 0 spiro atoms. The van der Waals surface area contributed by atoms with Crippen molar-refractivity contribution in [3.05, 3.63) is 48.3 Å². The van der Waals surface area contributed by atoms with E-state index in [4.69, 9.17) is 10.5 Å². The van der Waals surface area contributed by atoms with Gasteiger partial charge in [-0.2, -0.15) is 0 Å². The third-order valence-corrected chi connectivity index (χ3v) is 4.44. The summed E-state index contributed by atoms with van der Waals surface area (Å²) >= 11 is 1.17. The number of nitrogens with zero attached hydrogens (tertiary/aromatic N) is 3. The number of nitrogens with two attached hydrogens (primary N) is 1. The van der Waals surface area contributed by atoms with Gasteiger partial charge in [0.1, 0.15) is 12.4 Å². The average molecular weight is 375 g/mol. The number of allylic oxidation sites excluding steroid dienone is 1. The standard InChI is InChI=1S/C17H21N5O3S/c1-4-8-22-14(10-25-13-7-5-6-11(2)9-13)20-21-17(22)26-12(3)15(23)19-16(18)24/h4-7,9,12H,1,8,10H2,2-3H3,(H3,18,19,23,24)/t12-/m0/s1. The van der Waals surface area contributed by atoms with Gasteiger partial charge < -0.3 is 10.5 Å². The van der Waals surface area contributed by atoms with Gasteiger partial charge in [-0.3, -0.25) is 14.7 Å². The lowest BCUT2D eigenvalue weighted by Gasteiger charge is -2.12. The molecule has 138 valence electrons. The number of ether oxygens (including phenoxy) is 1. The van der Waals surface area contributed by atoms with E-state index in [1.165, 1.54) is 11.8 Å². The third kappa shape index (κ3) is 5.35. The van der Waals surface area contributed by atoms with Crippen LogP contribution in [0, 0.1) is 6.92 Å². The Morgan fingerprint density at radius 1 is 1.46 bits per heavy atom. The molecule has 2 rings (SSSR count). The Morgan fingerprint density at radius 3 is 2.88 bits per heavy atom. The lowest BCUT2D eigenvalue weighted by molar-refractivity contribution is -0.119. The lowest BCUT2D eigenvalue weighted by Crippen LogP contribution is -2.39. The highest BCUT2D eigenvalue weighted by Crippen LogP contribution is 2.23. The summed E-state index contributed by atoms with van der Waals surface area (Å²) in [4.78, 5) is 22.6. The van der Waals surface area contributed by atoms with E-state index >= 15 is 0 Å². The maximum Gasteiger partial charge on any atom is 0.318 e. The number of imide groups is 1. The zero-order valence-electron chi connectivity index (χ0n) is 14.6. The molecule has 0 aliphatic heterocycles. The van der Waals surface area contributed by atoms with E-state index in [1.54, 1.807) is 13.0 Å². The molecule has 0 fully saturated rings. The van der Waals surface area contributed by atoms with Crippen molar-refractivity contribution in [1.82, 2.24) is 20.1 Å². The Kier molecular flexibility index (Phi) is 6.79. The number of rotatable bonds is 8. The molecule has 2 aromatic rings. The molecule has 8 nitrogen and oxygen atoms in total. The molecule has 0 radical (unpaired) electrons. The summed E-state index contributed by atoms with van der Waals surface area (Å²) in [6.07, 6.45) is 1.71. The summed E-state index contributed by atoms with van der Waals surface area (Å²) in [5.41, 5.74) is 6.07. The molecule has 26 heavy (non-hydrogen) atoms. The Labute approximate surface area is 155 Å². The molecule has 0 unspecified atom stereocenters. The molecule has 3 amide bonds. The molecule has 1 atom stereocenters.